The molecule has 4 N–H and O–H groups in total. The number of carbonyl (C=O) groups is 1. The summed E-state index contributed by atoms with van der Waals surface area (Å²) in [4.78, 5) is 26.6. The van der Waals surface area contributed by atoms with Crippen LogP contribution in [0.4, 0.5) is 11.6 Å². The maximum Gasteiger partial charge on any atom is 0.258 e. The molecular formula is C23H24N6OS. The van der Waals surface area contributed by atoms with Crippen LogP contribution in [0.2, 0.25) is 0 Å². The number of benzene rings is 1. The monoisotopic (exact) mass is 432 g/mol. The molecule has 2 atom stereocenters. The van der Waals surface area contributed by atoms with Gasteiger partial charge < -0.3 is 16.4 Å². The quantitative estimate of drug-likeness (QED) is 0.439. The zero-order chi connectivity index (χ0) is 21.4. The second kappa shape index (κ2) is 8.20. The summed E-state index contributed by atoms with van der Waals surface area (Å²) in [6.07, 6.45) is 7.88. The van der Waals surface area contributed by atoms with E-state index in [9.17, 15) is 4.79 Å². The number of anilines is 2. The fraction of sp³-hybridized carbons (Fsp3) is 0.304. The third kappa shape index (κ3) is 3.96. The van der Waals surface area contributed by atoms with Crippen molar-refractivity contribution >= 4 is 50.0 Å². The van der Waals surface area contributed by atoms with Crippen LogP contribution in [0.25, 0.3) is 21.1 Å². The summed E-state index contributed by atoms with van der Waals surface area (Å²) >= 11 is 1.47. The van der Waals surface area contributed by atoms with Gasteiger partial charge in [-0.1, -0.05) is 18.9 Å². The number of amides is 1. The fourth-order valence-corrected chi connectivity index (χ4v) is 5.05. The molecule has 1 amide bonds. The molecule has 1 aliphatic rings. The first kappa shape index (κ1) is 19.8. The van der Waals surface area contributed by atoms with Crippen molar-refractivity contribution in [2.75, 3.05) is 10.6 Å². The number of thiophene rings is 1. The van der Waals surface area contributed by atoms with Crippen LogP contribution in [-0.4, -0.2) is 32.9 Å². The Morgan fingerprint density at radius 3 is 2.94 bits per heavy atom. The Bertz CT molecular complexity index is 1270. The molecule has 1 saturated carbocycles. The van der Waals surface area contributed by atoms with Crippen LogP contribution in [0.5, 0.6) is 0 Å². The van der Waals surface area contributed by atoms with Crippen LogP contribution in [0.15, 0.2) is 42.0 Å². The van der Waals surface area contributed by atoms with E-state index in [1.807, 2.05) is 36.6 Å². The molecule has 3 aromatic heterocycles. The van der Waals surface area contributed by atoms with Gasteiger partial charge in [-0.2, -0.15) is 0 Å². The van der Waals surface area contributed by atoms with Crippen molar-refractivity contribution in [1.82, 2.24) is 15.0 Å². The number of nitrogens with one attached hydrogen (secondary N) is 2. The summed E-state index contributed by atoms with van der Waals surface area (Å²) in [7, 11) is 0. The van der Waals surface area contributed by atoms with Gasteiger partial charge in [-0.05, 0) is 43.5 Å². The molecule has 0 bridgehead atoms. The molecule has 3 heterocycles. The zero-order valence-corrected chi connectivity index (χ0v) is 18.1. The van der Waals surface area contributed by atoms with E-state index in [4.69, 9.17) is 5.73 Å². The summed E-state index contributed by atoms with van der Waals surface area (Å²) in [5.74, 6) is 0.336. The predicted octanol–water partition coefficient (Wildman–Crippen LogP) is 4.48. The Labute approximate surface area is 184 Å². The van der Waals surface area contributed by atoms with Crippen molar-refractivity contribution in [2.45, 2.75) is 44.7 Å². The molecule has 5 rings (SSSR count). The Kier molecular flexibility index (Phi) is 5.25. The van der Waals surface area contributed by atoms with Crippen LogP contribution < -0.4 is 16.4 Å². The van der Waals surface area contributed by atoms with E-state index >= 15 is 0 Å². The average molecular weight is 433 g/mol. The highest BCUT2D eigenvalue weighted by atomic mass is 32.1. The first-order valence-corrected chi connectivity index (χ1v) is 11.4. The van der Waals surface area contributed by atoms with Crippen LogP contribution >= 0.6 is 11.3 Å². The summed E-state index contributed by atoms with van der Waals surface area (Å²) in [6.45, 7) is 1.99. The summed E-state index contributed by atoms with van der Waals surface area (Å²) in [5, 5.41) is 9.22. The smallest absolute Gasteiger partial charge is 0.258 e. The van der Waals surface area contributed by atoms with Gasteiger partial charge in [0.05, 0.1) is 27.5 Å². The number of hydrogen-bond donors (Lipinski definition) is 3. The molecule has 1 aliphatic carbocycles. The van der Waals surface area contributed by atoms with Crippen LogP contribution in [0.3, 0.4) is 0 Å². The largest absolute Gasteiger partial charge is 0.350 e. The number of aromatic nitrogens is 3. The molecule has 0 saturated heterocycles. The minimum atomic E-state index is -0.187. The van der Waals surface area contributed by atoms with Gasteiger partial charge in [0.1, 0.15) is 0 Å². The SMILES string of the molecule is Cc1cc(NC(=O)c2csc3cnc(N[C@@H]4CCCCC4N)nc23)cc2cccnc12. The lowest BCUT2D eigenvalue weighted by Crippen LogP contribution is -2.42. The Morgan fingerprint density at radius 1 is 1.19 bits per heavy atom. The normalized spacial score (nSPS) is 18.9. The maximum absolute atomic E-state index is 13.1. The van der Waals surface area contributed by atoms with Gasteiger partial charge in [0, 0.05) is 34.7 Å². The first-order valence-electron chi connectivity index (χ1n) is 10.5. The number of hydrogen-bond acceptors (Lipinski definition) is 7. The lowest BCUT2D eigenvalue weighted by molar-refractivity contribution is 0.102. The average Bonchev–Trinajstić information content (AvgIpc) is 3.19. The topological polar surface area (TPSA) is 106 Å². The van der Waals surface area contributed by atoms with E-state index in [1.54, 1.807) is 12.4 Å². The molecule has 31 heavy (non-hydrogen) atoms. The van der Waals surface area contributed by atoms with E-state index in [2.05, 4.69) is 25.6 Å². The molecule has 7 nitrogen and oxygen atoms in total. The minimum Gasteiger partial charge on any atom is -0.350 e. The molecular weight excluding hydrogens is 408 g/mol. The van der Waals surface area contributed by atoms with Crippen molar-refractivity contribution < 1.29 is 4.79 Å². The molecule has 4 aromatic rings. The predicted molar refractivity (Wildman–Crippen MR) is 126 cm³/mol. The molecule has 0 spiro atoms. The number of nitrogens with zero attached hydrogens (tertiary/aromatic N) is 3. The number of fused-ring (bicyclic) bond motifs is 2. The molecule has 0 aliphatic heterocycles. The zero-order valence-electron chi connectivity index (χ0n) is 17.3. The van der Waals surface area contributed by atoms with Crippen LogP contribution in [0.1, 0.15) is 41.6 Å². The van der Waals surface area contributed by atoms with Gasteiger partial charge in [-0.3, -0.25) is 9.78 Å². The standard InChI is InChI=1S/C23H24N6OS/c1-13-9-15(10-14-5-4-8-25-20(13)14)27-22(30)16-12-31-19-11-26-23(29-21(16)19)28-18-7-3-2-6-17(18)24/h4-5,8-12,17-18H,2-3,6-7,24H2,1H3,(H,27,30)(H,26,28,29)/t17?,18-/m1/s1. The van der Waals surface area contributed by atoms with E-state index < -0.39 is 0 Å². The van der Waals surface area contributed by atoms with Gasteiger partial charge in [0.15, 0.2) is 0 Å². The highest BCUT2D eigenvalue weighted by Crippen LogP contribution is 2.28. The molecule has 158 valence electrons. The van der Waals surface area contributed by atoms with Crippen LogP contribution in [0, 0.1) is 6.92 Å². The number of rotatable bonds is 4. The molecule has 0 radical (unpaired) electrons. The molecule has 1 unspecified atom stereocenters. The highest BCUT2D eigenvalue weighted by Gasteiger charge is 2.23. The van der Waals surface area contributed by atoms with Crippen LogP contribution in [-0.2, 0) is 0 Å². The Hall–Kier alpha value is -3.10. The molecule has 8 heteroatoms. The molecule has 1 fully saturated rings. The number of pyridine rings is 1. The van der Waals surface area contributed by atoms with Gasteiger partial charge in [0.25, 0.3) is 5.91 Å². The number of carbonyl (C=O) groups excluding carboxylic acids is 1. The number of aryl methyl sites for hydroxylation is 1. The van der Waals surface area contributed by atoms with Gasteiger partial charge in [-0.15, -0.1) is 11.3 Å². The Morgan fingerprint density at radius 2 is 2.06 bits per heavy atom. The summed E-state index contributed by atoms with van der Waals surface area (Å²) < 4.78 is 0.877. The fourth-order valence-electron chi connectivity index (χ4n) is 4.21. The third-order valence-corrected chi connectivity index (χ3v) is 6.75. The second-order valence-electron chi connectivity index (χ2n) is 8.08. The third-order valence-electron chi connectivity index (χ3n) is 5.85. The second-order valence-corrected chi connectivity index (χ2v) is 8.99. The van der Waals surface area contributed by atoms with Crippen molar-refractivity contribution in [3.05, 3.63) is 53.2 Å². The van der Waals surface area contributed by atoms with Crippen molar-refractivity contribution in [2.24, 2.45) is 5.73 Å². The van der Waals surface area contributed by atoms with Crippen molar-refractivity contribution in [1.29, 1.82) is 0 Å². The highest BCUT2D eigenvalue weighted by molar-refractivity contribution is 7.17. The summed E-state index contributed by atoms with van der Waals surface area (Å²) in [6, 6.07) is 8.03. The molecule has 1 aromatic carbocycles. The maximum atomic E-state index is 13.1. The van der Waals surface area contributed by atoms with E-state index in [-0.39, 0.29) is 18.0 Å². The minimum absolute atomic E-state index is 0.101. The van der Waals surface area contributed by atoms with Crippen molar-refractivity contribution in [3.63, 3.8) is 0 Å². The lowest BCUT2D eigenvalue weighted by atomic mass is 9.91. The lowest BCUT2D eigenvalue weighted by Gasteiger charge is -2.29. The van der Waals surface area contributed by atoms with Gasteiger partial charge in [-0.25, -0.2) is 9.97 Å². The Balaban J connectivity index is 1.41. The van der Waals surface area contributed by atoms with E-state index in [1.165, 1.54) is 17.8 Å². The van der Waals surface area contributed by atoms with E-state index in [0.29, 0.717) is 17.0 Å². The van der Waals surface area contributed by atoms with E-state index in [0.717, 1.165) is 46.1 Å². The van der Waals surface area contributed by atoms with Gasteiger partial charge >= 0.3 is 0 Å². The van der Waals surface area contributed by atoms with Gasteiger partial charge in [0.2, 0.25) is 5.95 Å². The summed E-state index contributed by atoms with van der Waals surface area (Å²) in [5.41, 5.74) is 10.1. The van der Waals surface area contributed by atoms with Crippen molar-refractivity contribution in [3.8, 4) is 0 Å². The number of nitrogens with two attached hydrogens (primary N) is 1. The first-order chi connectivity index (χ1) is 15.1.